The van der Waals surface area contributed by atoms with Gasteiger partial charge in [-0.05, 0) is 42.3 Å². The van der Waals surface area contributed by atoms with Crippen LogP contribution in [0.3, 0.4) is 0 Å². The Morgan fingerprint density at radius 2 is 1.80 bits per heavy atom. The van der Waals surface area contributed by atoms with Crippen LogP contribution in [0.25, 0.3) is 0 Å². The Kier molecular flexibility index (Phi) is 4.53. The van der Waals surface area contributed by atoms with E-state index in [1.165, 1.54) is 5.69 Å². The van der Waals surface area contributed by atoms with Gasteiger partial charge in [0.1, 0.15) is 12.4 Å². The van der Waals surface area contributed by atoms with Crippen molar-refractivity contribution in [1.82, 2.24) is 4.90 Å². The number of piperazine rings is 1. The first-order valence-electron chi connectivity index (χ1n) is 8.71. The molecule has 2 heterocycles. The molecule has 0 aromatic heterocycles. The van der Waals surface area contributed by atoms with E-state index in [1.54, 1.807) is 0 Å². The minimum absolute atomic E-state index is 0.116. The van der Waals surface area contributed by atoms with Crippen molar-refractivity contribution in [3.63, 3.8) is 0 Å². The molecule has 1 unspecified atom stereocenters. The molecule has 2 aliphatic rings. The number of anilines is 1. The molecule has 0 N–H and O–H groups in total. The van der Waals surface area contributed by atoms with Gasteiger partial charge in [0.05, 0.1) is 5.92 Å². The van der Waals surface area contributed by atoms with Gasteiger partial charge >= 0.3 is 0 Å². The number of hydrogen-bond donors (Lipinski definition) is 0. The average molecular weight is 357 g/mol. The summed E-state index contributed by atoms with van der Waals surface area (Å²) in [5.41, 5.74) is 2.25. The number of fused-ring (bicyclic) bond motifs is 1. The molecule has 4 rings (SSSR count). The lowest BCUT2D eigenvalue weighted by molar-refractivity contribution is -0.137. The Labute approximate surface area is 152 Å². The van der Waals surface area contributed by atoms with E-state index in [0.717, 1.165) is 37.5 Å². The largest absolute Gasteiger partial charge is 0.492 e. The zero-order chi connectivity index (χ0) is 17.2. The number of benzene rings is 2. The predicted octanol–water partition coefficient (Wildman–Crippen LogP) is 3.24. The van der Waals surface area contributed by atoms with Crippen molar-refractivity contribution in [1.29, 1.82) is 0 Å². The number of nitrogens with zero attached hydrogens (tertiary/aromatic N) is 2. The molecule has 1 fully saturated rings. The first-order valence-corrected chi connectivity index (χ1v) is 9.08. The van der Waals surface area contributed by atoms with Crippen LogP contribution in [0.2, 0.25) is 5.02 Å². The lowest BCUT2D eigenvalue weighted by Gasteiger charge is -2.38. The smallest absolute Gasteiger partial charge is 0.229 e. The second-order valence-corrected chi connectivity index (χ2v) is 7.05. The number of amides is 1. The maximum absolute atomic E-state index is 12.9. The van der Waals surface area contributed by atoms with E-state index in [2.05, 4.69) is 29.2 Å². The molecule has 4 nitrogen and oxygen atoms in total. The number of hydrogen-bond acceptors (Lipinski definition) is 3. The lowest BCUT2D eigenvalue weighted by atomic mass is 9.95. The summed E-state index contributed by atoms with van der Waals surface area (Å²) >= 11 is 6.07. The third-order valence-electron chi connectivity index (χ3n) is 4.99. The fraction of sp³-hybridized carbons (Fsp3) is 0.350. The summed E-state index contributed by atoms with van der Waals surface area (Å²) in [7, 11) is 0. The van der Waals surface area contributed by atoms with E-state index in [-0.39, 0.29) is 11.8 Å². The van der Waals surface area contributed by atoms with Crippen LogP contribution in [0, 0.1) is 5.92 Å². The van der Waals surface area contributed by atoms with Crippen LogP contribution in [0.5, 0.6) is 5.75 Å². The number of halogens is 1. The second kappa shape index (κ2) is 6.96. The zero-order valence-electron chi connectivity index (χ0n) is 14.0. The van der Waals surface area contributed by atoms with E-state index in [1.807, 2.05) is 29.2 Å². The maximum atomic E-state index is 12.9. The monoisotopic (exact) mass is 356 g/mol. The number of rotatable bonds is 2. The Morgan fingerprint density at radius 3 is 2.56 bits per heavy atom. The quantitative estimate of drug-likeness (QED) is 0.828. The molecule has 25 heavy (non-hydrogen) atoms. The zero-order valence-corrected chi connectivity index (χ0v) is 14.8. The molecule has 0 bridgehead atoms. The van der Waals surface area contributed by atoms with Gasteiger partial charge in [0.2, 0.25) is 5.91 Å². The highest BCUT2D eigenvalue weighted by Crippen LogP contribution is 2.30. The van der Waals surface area contributed by atoms with Crippen molar-refractivity contribution in [2.45, 2.75) is 6.42 Å². The Hall–Kier alpha value is -2.20. The van der Waals surface area contributed by atoms with Crippen LogP contribution in [0.1, 0.15) is 5.56 Å². The fourth-order valence-corrected chi connectivity index (χ4v) is 3.80. The van der Waals surface area contributed by atoms with Crippen molar-refractivity contribution >= 4 is 23.2 Å². The Balaban J connectivity index is 1.38. The topological polar surface area (TPSA) is 32.8 Å². The normalized spacial score (nSPS) is 20.0. The molecule has 5 heteroatoms. The number of ether oxygens (including phenoxy) is 1. The minimum Gasteiger partial charge on any atom is -0.492 e. The standard InChI is InChI=1S/C20H21ClN2O2/c21-17-6-7-19-15(13-17)12-16(14-25-19)20(24)23-10-8-22(9-11-23)18-4-2-1-3-5-18/h1-7,13,16H,8-12,14H2. The Bertz CT molecular complexity index is 758. The van der Waals surface area contributed by atoms with Gasteiger partial charge in [0.25, 0.3) is 0 Å². The first-order chi connectivity index (χ1) is 12.2. The molecule has 0 saturated carbocycles. The molecule has 0 aliphatic carbocycles. The van der Waals surface area contributed by atoms with Crippen LogP contribution >= 0.6 is 11.6 Å². The summed E-state index contributed by atoms with van der Waals surface area (Å²) in [4.78, 5) is 17.2. The maximum Gasteiger partial charge on any atom is 0.229 e. The summed E-state index contributed by atoms with van der Waals surface area (Å²) in [5.74, 6) is 0.926. The van der Waals surface area contributed by atoms with Gasteiger partial charge in [-0.15, -0.1) is 0 Å². The molecule has 0 radical (unpaired) electrons. The number of carbonyl (C=O) groups is 1. The average Bonchev–Trinajstić information content (AvgIpc) is 2.67. The molecule has 1 amide bonds. The molecular formula is C20H21ClN2O2. The number of para-hydroxylation sites is 1. The van der Waals surface area contributed by atoms with Crippen LogP contribution in [-0.4, -0.2) is 43.6 Å². The van der Waals surface area contributed by atoms with Gasteiger partial charge in [-0.2, -0.15) is 0 Å². The van der Waals surface area contributed by atoms with Crippen LogP contribution in [-0.2, 0) is 11.2 Å². The first kappa shape index (κ1) is 16.3. The molecule has 1 atom stereocenters. The van der Waals surface area contributed by atoms with Gasteiger partial charge in [-0.25, -0.2) is 0 Å². The minimum atomic E-state index is -0.116. The van der Waals surface area contributed by atoms with E-state index in [9.17, 15) is 4.79 Å². The fourth-order valence-electron chi connectivity index (χ4n) is 3.60. The van der Waals surface area contributed by atoms with Crippen molar-refractivity contribution < 1.29 is 9.53 Å². The summed E-state index contributed by atoms with van der Waals surface area (Å²) in [5, 5.41) is 0.687. The second-order valence-electron chi connectivity index (χ2n) is 6.61. The van der Waals surface area contributed by atoms with Crippen molar-refractivity contribution in [2.24, 2.45) is 5.92 Å². The molecule has 0 spiro atoms. The summed E-state index contributed by atoms with van der Waals surface area (Å²) in [6.45, 7) is 3.70. The van der Waals surface area contributed by atoms with Gasteiger partial charge in [-0.3, -0.25) is 4.79 Å². The van der Waals surface area contributed by atoms with Crippen molar-refractivity contribution in [3.05, 3.63) is 59.1 Å². The molecule has 2 aliphatic heterocycles. The van der Waals surface area contributed by atoms with Gasteiger partial charge < -0.3 is 14.5 Å². The molecular weight excluding hydrogens is 336 g/mol. The highest BCUT2D eigenvalue weighted by molar-refractivity contribution is 6.30. The van der Waals surface area contributed by atoms with E-state index in [4.69, 9.17) is 16.3 Å². The van der Waals surface area contributed by atoms with Crippen LogP contribution in [0.4, 0.5) is 5.69 Å². The van der Waals surface area contributed by atoms with E-state index in [0.29, 0.717) is 18.1 Å². The number of carbonyl (C=O) groups excluding carboxylic acids is 1. The summed E-state index contributed by atoms with van der Waals surface area (Å²) in [6.07, 6.45) is 0.702. The highest BCUT2D eigenvalue weighted by Gasteiger charge is 2.31. The van der Waals surface area contributed by atoms with Crippen molar-refractivity contribution in [3.8, 4) is 5.75 Å². The SMILES string of the molecule is O=C(C1COc2ccc(Cl)cc2C1)N1CCN(c2ccccc2)CC1. The van der Waals surface area contributed by atoms with E-state index >= 15 is 0 Å². The molecule has 1 saturated heterocycles. The van der Waals surface area contributed by atoms with Crippen molar-refractivity contribution in [2.75, 3.05) is 37.7 Å². The highest BCUT2D eigenvalue weighted by atomic mass is 35.5. The van der Waals surface area contributed by atoms with Crippen LogP contribution in [0.15, 0.2) is 48.5 Å². The third-order valence-corrected chi connectivity index (χ3v) is 5.23. The molecule has 130 valence electrons. The summed E-state index contributed by atoms with van der Waals surface area (Å²) < 4.78 is 5.78. The van der Waals surface area contributed by atoms with Gasteiger partial charge in [0.15, 0.2) is 0 Å². The predicted molar refractivity (Wildman–Crippen MR) is 99.4 cm³/mol. The van der Waals surface area contributed by atoms with E-state index < -0.39 is 0 Å². The molecule has 2 aromatic carbocycles. The van der Waals surface area contributed by atoms with Gasteiger partial charge in [0, 0.05) is 36.9 Å². The third kappa shape index (κ3) is 3.45. The summed E-state index contributed by atoms with van der Waals surface area (Å²) in [6, 6.07) is 16.0. The van der Waals surface area contributed by atoms with Crippen LogP contribution < -0.4 is 9.64 Å². The Morgan fingerprint density at radius 1 is 1.04 bits per heavy atom. The van der Waals surface area contributed by atoms with Gasteiger partial charge in [-0.1, -0.05) is 29.8 Å². The lowest BCUT2D eigenvalue weighted by Crippen LogP contribution is -2.51. The molecule has 2 aromatic rings.